The van der Waals surface area contributed by atoms with E-state index in [0.29, 0.717) is 21.9 Å². The van der Waals surface area contributed by atoms with Crippen LogP contribution < -0.4 is 4.74 Å². The van der Waals surface area contributed by atoms with Crippen LogP contribution in [0.25, 0.3) is 0 Å². The van der Waals surface area contributed by atoms with Crippen LogP contribution in [-0.4, -0.2) is 0 Å². The summed E-state index contributed by atoms with van der Waals surface area (Å²) in [4.78, 5) is 0. The van der Waals surface area contributed by atoms with E-state index in [1.165, 1.54) is 6.07 Å². The van der Waals surface area contributed by atoms with Crippen molar-refractivity contribution in [1.29, 1.82) is 5.26 Å². The molecule has 96 valence electrons. The molecule has 2 rings (SSSR count). The normalized spacial score (nSPS) is 10.0. The molecule has 0 aliphatic heterocycles. The molecule has 0 saturated carbocycles. The standard InChI is InChI=1S/C14H8BrClFNO/c15-11-2-4-14(10(5-11)7-18)19-8-9-1-3-12(16)6-13(9)17/h1-6H,8H2. The maximum absolute atomic E-state index is 13.6. The Hall–Kier alpha value is -1.57. The number of nitrogens with zero attached hydrogens (tertiary/aromatic N) is 1. The predicted octanol–water partition coefficient (Wildman–Crippen LogP) is 4.69. The molecule has 0 spiro atoms. The van der Waals surface area contributed by atoms with E-state index in [1.807, 2.05) is 6.07 Å². The van der Waals surface area contributed by atoms with Gasteiger partial charge in [0.05, 0.1) is 5.56 Å². The van der Waals surface area contributed by atoms with E-state index in [9.17, 15) is 4.39 Å². The Morgan fingerprint density at radius 1 is 1.26 bits per heavy atom. The van der Waals surface area contributed by atoms with Crippen molar-refractivity contribution in [1.82, 2.24) is 0 Å². The summed E-state index contributed by atoms with van der Waals surface area (Å²) < 4.78 is 19.8. The van der Waals surface area contributed by atoms with Gasteiger partial charge in [0.1, 0.15) is 24.2 Å². The average Bonchev–Trinajstić information content (AvgIpc) is 2.39. The second kappa shape index (κ2) is 6.05. The maximum atomic E-state index is 13.6. The second-order valence-electron chi connectivity index (χ2n) is 3.78. The highest BCUT2D eigenvalue weighted by atomic mass is 79.9. The monoisotopic (exact) mass is 339 g/mol. The van der Waals surface area contributed by atoms with Crippen LogP contribution in [0.1, 0.15) is 11.1 Å². The minimum absolute atomic E-state index is 0.0410. The zero-order valence-electron chi connectivity index (χ0n) is 9.66. The molecule has 0 aliphatic carbocycles. The van der Waals surface area contributed by atoms with Crippen LogP contribution in [0.4, 0.5) is 4.39 Å². The number of hydrogen-bond donors (Lipinski definition) is 0. The zero-order chi connectivity index (χ0) is 13.8. The number of nitriles is 1. The molecule has 0 N–H and O–H groups in total. The van der Waals surface area contributed by atoms with E-state index in [4.69, 9.17) is 21.6 Å². The lowest BCUT2D eigenvalue weighted by atomic mass is 10.2. The van der Waals surface area contributed by atoms with E-state index in [-0.39, 0.29) is 6.61 Å². The first-order chi connectivity index (χ1) is 9.10. The molecule has 2 aromatic carbocycles. The summed E-state index contributed by atoms with van der Waals surface area (Å²) in [6.45, 7) is 0.0410. The highest BCUT2D eigenvalue weighted by Crippen LogP contribution is 2.24. The molecule has 0 saturated heterocycles. The molecule has 0 aromatic heterocycles. The lowest BCUT2D eigenvalue weighted by Crippen LogP contribution is -1.99. The van der Waals surface area contributed by atoms with Crippen molar-refractivity contribution >= 4 is 27.5 Å². The number of ether oxygens (including phenoxy) is 1. The number of benzene rings is 2. The van der Waals surface area contributed by atoms with Crippen molar-refractivity contribution in [3.63, 3.8) is 0 Å². The first-order valence-corrected chi connectivity index (χ1v) is 6.53. The van der Waals surface area contributed by atoms with E-state index >= 15 is 0 Å². The fraction of sp³-hybridized carbons (Fsp3) is 0.0714. The van der Waals surface area contributed by atoms with Crippen molar-refractivity contribution in [2.24, 2.45) is 0 Å². The zero-order valence-corrected chi connectivity index (χ0v) is 12.0. The Labute approximate surface area is 123 Å². The summed E-state index contributed by atoms with van der Waals surface area (Å²) in [6.07, 6.45) is 0. The van der Waals surface area contributed by atoms with Crippen LogP contribution in [0.5, 0.6) is 5.75 Å². The molecule has 0 aliphatic rings. The smallest absolute Gasteiger partial charge is 0.137 e. The minimum Gasteiger partial charge on any atom is -0.487 e. The number of rotatable bonds is 3. The van der Waals surface area contributed by atoms with E-state index < -0.39 is 5.82 Å². The average molecular weight is 341 g/mol. The van der Waals surface area contributed by atoms with Crippen molar-refractivity contribution in [2.45, 2.75) is 6.61 Å². The molecule has 0 radical (unpaired) electrons. The van der Waals surface area contributed by atoms with Gasteiger partial charge in [-0.1, -0.05) is 33.6 Å². The van der Waals surface area contributed by atoms with Gasteiger partial charge in [-0.3, -0.25) is 0 Å². The molecule has 0 bridgehead atoms. The molecular formula is C14H8BrClFNO. The van der Waals surface area contributed by atoms with Crippen LogP contribution in [0, 0.1) is 17.1 Å². The molecule has 19 heavy (non-hydrogen) atoms. The number of hydrogen-bond acceptors (Lipinski definition) is 2. The van der Waals surface area contributed by atoms with Gasteiger partial charge in [0.25, 0.3) is 0 Å². The summed E-state index contributed by atoms with van der Waals surface area (Å²) in [5, 5.41) is 9.32. The molecule has 0 atom stereocenters. The van der Waals surface area contributed by atoms with Crippen molar-refractivity contribution in [3.8, 4) is 11.8 Å². The van der Waals surface area contributed by atoms with Crippen LogP contribution >= 0.6 is 27.5 Å². The topological polar surface area (TPSA) is 33.0 Å². The Morgan fingerprint density at radius 2 is 2.05 bits per heavy atom. The molecule has 5 heteroatoms. The van der Waals surface area contributed by atoms with Crippen LogP contribution in [0.15, 0.2) is 40.9 Å². The third-order valence-electron chi connectivity index (χ3n) is 2.46. The van der Waals surface area contributed by atoms with Gasteiger partial charge in [-0.25, -0.2) is 4.39 Å². The molecule has 2 aromatic rings. The van der Waals surface area contributed by atoms with Gasteiger partial charge < -0.3 is 4.74 Å². The first kappa shape index (κ1) is 13.9. The quantitative estimate of drug-likeness (QED) is 0.812. The van der Waals surface area contributed by atoms with Crippen molar-refractivity contribution in [3.05, 3.63) is 62.8 Å². The molecule has 0 unspecified atom stereocenters. The highest BCUT2D eigenvalue weighted by Gasteiger charge is 2.07. The Bertz CT molecular complexity index is 654. The van der Waals surface area contributed by atoms with E-state index in [1.54, 1.807) is 30.3 Å². The van der Waals surface area contributed by atoms with Gasteiger partial charge in [-0.2, -0.15) is 5.26 Å². The van der Waals surface area contributed by atoms with Crippen LogP contribution in [0.3, 0.4) is 0 Å². The predicted molar refractivity (Wildman–Crippen MR) is 74.6 cm³/mol. The minimum atomic E-state index is -0.428. The van der Waals surface area contributed by atoms with E-state index in [2.05, 4.69) is 15.9 Å². The Kier molecular flexibility index (Phi) is 4.41. The second-order valence-corrected chi connectivity index (χ2v) is 5.13. The van der Waals surface area contributed by atoms with Gasteiger partial charge in [0.15, 0.2) is 0 Å². The highest BCUT2D eigenvalue weighted by molar-refractivity contribution is 9.10. The molecule has 2 nitrogen and oxygen atoms in total. The summed E-state index contributed by atoms with van der Waals surface area (Å²) in [5.74, 6) is -0.0110. The summed E-state index contributed by atoms with van der Waals surface area (Å²) in [6, 6.07) is 11.5. The molecule has 0 heterocycles. The Morgan fingerprint density at radius 3 is 2.74 bits per heavy atom. The van der Waals surface area contributed by atoms with Crippen molar-refractivity contribution in [2.75, 3.05) is 0 Å². The van der Waals surface area contributed by atoms with Gasteiger partial charge in [0.2, 0.25) is 0 Å². The SMILES string of the molecule is N#Cc1cc(Br)ccc1OCc1ccc(Cl)cc1F. The van der Waals surface area contributed by atoms with Gasteiger partial charge in [0, 0.05) is 15.1 Å². The number of halogens is 3. The molecule has 0 fully saturated rings. The molecular weight excluding hydrogens is 333 g/mol. The maximum Gasteiger partial charge on any atom is 0.137 e. The fourth-order valence-electron chi connectivity index (χ4n) is 1.51. The third kappa shape index (κ3) is 3.46. The fourth-order valence-corrected chi connectivity index (χ4v) is 2.03. The molecule has 0 amide bonds. The van der Waals surface area contributed by atoms with Gasteiger partial charge >= 0.3 is 0 Å². The summed E-state index contributed by atoms with van der Waals surface area (Å²) in [5.41, 5.74) is 0.778. The van der Waals surface area contributed by atoms with Crippen LogP contribution in [-0.2, 0) is 6.61 Å². The van der Waals surface area contributed by atoms with E-state index in [0.717, 1.165) is 4.47 Å². The summed E-state index contributed by atoms with van der Waals surface area (Å²) in [7, 11) is 0. The van der Waals surface area contributed by atoms with Gasteiger partial charge in [-0.05, 0) is 30.3 Å². The summed E-state index contributed by atoms with van der Waals surface area (Å²) >= 11 is 8.94. The lowest BCUT2D eigenvalue weighted by Gasteiger charge is -2.09. The van der Waals surface area contributed by atoms with Gasteiger partial charge in [-0.15, -0.1) is 0 Å². The Balaban J connectivity index is 2.17. The lowest BCUT2D eigenvalue weighted by molar-refractivity contribution is 0.299. The van der Waals surface area contributed by atoms with Crippen molar-refractivity contribution < 1.29 is 9.13 Å². The van der Waals surface area contributed by atoms with Crippen LogP contribution in [0.2, 0.25) is 5.02 Å². The largest absolute Gasteiger partial charge is 0.487 e. The first-order valence-electron chi connectivity index (χ1n) is 5.36. The third-order valence-corrected chi connectivity index (χ3v) is 3.19.